The highest BCUT2D eigenvalue weighted by atomic mass is 35.5. The summed E-state index contributed by atoms with van der Waals surface area (Å²) >= 11 is 7.58. The highest BCUT2D eigenvalue weighted by Crippen LogP contribution is 2.31. The van der Waals surface area contributed by atoms with Crippen LogP contribution in [0.2, 0.25) is 5.02 Å². The number of carbonyl (C=O) groups excluding carboxylic acids is 1. The summed E-state index contributed by atoms with van der Waals surface area (Å²) in [5.74, 6) is 0.563. The zero-order chi connectivity index (χ0) is 22.0. The van der Waals surface area contributed by atoms with Crippen molar-refractivity contribution in [3.63, 3.8) is 0 Å². The van der Waals surface area contributed by atoms with E-state index >= 15 is 0 Å². The number of thioether (sulfide) groups is 1. The van der Waals surface area contributed by atoms with E-state index in [1.54, 1.807) is 12.4 Å². The quantitative estimate of drug-likeness (QED) is 0.544. The van der Waals surface area contributed by atoms with Crippen LogP contribution in [0, 0.1) is 6.92 Å². The first kappa shape index (κ1) is 21.8. The number of benzene rings is 1. The molecule has 4 rings (SSSR count). The normalized spacial score (nSPS) is 17.5. The number of carbonyl (C=O) groups is 1. The van der Waals surface area contributed by atoms with E-state index < -0.39 is 9.84 Å². The maximum Gasteiger partial charge on any atom is 0.230 e. The van der Waals surface area contributed by atoms with Crippen molar-refractivity contribution in [2.75, 3.05) is 17.3 Å². The molecule has 0 bridgehead atoms. The van der Waals surface area contributed by atoms with Crippen molar-refractivity contribution in [3.05, 3.63) is 53.3 Å². The van der Waals surface area contributed by atoms with E-state index in [0.29, 0.717) is 22.4 Å². The molecule has 0 aliphatic carbocycles. The first-order chi connectivity index (χ1) is 14.8. The Balaban J connectivity index is 1.60. The minimum atomic E-state index is -3.05. The molecule has 31 heavy (non-hydrogen) atoms. The number of sulfone groups is 1. The minimum absolute atomic E-state index is 0.00646. The van der Waals surface area contributed by atoms with Crippen molar-refractivity contribution in [2.45, 2.75) is 24.5 Å². The van der Waals surface area contributed by atoms with Gasteiger partial charge in [0.05, 0.1) is 22.9 Å². The summed E-state index contributed by atoms with van der Waals surface area (Å²) in [6.07, 6.45) is 3.80. The molecule has 11 heteroatoms. The van der Waals surface area contributed by atoms with E-state index in [0.717, 1.165) is 16.8 Å². The second-order valence-corrected chi connectivity index (χ2v) is 10.8. The van der Waals surface area contributed by atoms with Crippen LogP contribution >= 0.6 is 23.4 Å². The Kier molecular flexibility index (Phi) is 6.31. The Bertz CT molecular complexity index is 1210. The second-order valence-electron chi connectivity index (χ2n) is 7.22. The molecule has 1 atom stereocenters. The van der Waals surface area contributed by atoms with E-state index in [2.05, 4.69) is 20.5 Å². The topological polar surface area (TPSA) is 107 Å². The van der Waals surface area contributed by atoms with Crippen molar-refractivity contribution in [1.29, 1.82) is 0 Å². The van der Waals surface area contributed by atoms with E-state index in [1.165, 1.54) is 11.8 Å². The van der Waals surface area contributed by atoms with Gasteiger partial charge in [0.2, 0.25) is 5.91 Å². The minimum Gasteiger partial charge on any atom is -0.352 e. The Hall–Kier alpha value is -2.43. The third-order valence-corrected chi connectivity index (χ3v) is 8.09. The average molecular weight is 478 g/mol. The summed E-state index contributed by atoms with van der Waals surface area (Å²) in [5.41, 5.74) is 2.50. The largest absolute Gasteiger partial charge is 0.352 e. The Morgan fingerprint density at radius 3 is 2.74 bits per heavy atom. The summed E-state index contributed by atoms with van der Waals surface area (Å²) in [4.78, 5) is 16.5. The SMILES string of the molecule is Cc1c(Cl)cccc1-n1c(SCC(=O)N[C@H]2CCS(=O)(=O)C2)nnc1-c1ccncc1. The van der Waals surface area contributed by atoms with Gasteiger partial charge < -0.3 is 5.32 Å². The molecule has 1 fully saturated rings. The molecule has 0 saturated carbocycles. The van der Waals surface area contributed by atoms with Crippen LogP contribution in [-0.4, -0.2) is 57.4 Å². The highest BCUT2D eigenvalue weighted by molar-refractivity contribution is 7.99. The second kappa shape index (κ2) is 8.97. The molecule has 3 heterocycles. The maximum absolute atomic E-state index is 12.4. The third kappa shape index (κ3) is 4.91. The van der Waals surface area contributed by atoms with Gasteiger partial charge in [0.1, 0.15) is 0 Å². The summed E-state index contributed by atoms with van der Waals surface area (Å²) in [5, 5.41) is 12.6. The standard InChI is InChI=1S/C20H20ClN5O3S2/c1-13-16(21)3-2-4-17(13)26-19(14-5-8-22-9-6-14)24-25-20(26)30-11-18(27)23-15-7-10-31(28,29)12-15/h2-6,8-9,15H,7,10-12H2,1H3,(H,23,27)/t15-/m0/s1. The number of rotatable bonds is 6. The third-order valence-electron chi connectivity index (χ3n) is 4.98. The van der Waals surface area contributed by atoms with Crippen molar-refractivity contribution in [1.82, 2.24) is 25.1 Å². The molecular weight excluding hydrogens is 458 g/mol. The van der Waals surface area contributed by atoms with Crippen LogP contribution in [0.4, 0.5) is 0 Å². The number of nitrogens with one attached hydrogen (secondary N) is 1. The van der Waals surface area contributed by atoms with E-state index in [4.69, 9.17) is 11.6 Å². The fourth-order valence-electron chi connectivity index (χ4n) is 3.42. The van der Waals surface area contributed by atoms with Crippen LogP contribution in [0.15, 0.2) is 47.9 Å². The van der Waals surface area contributed by atoms with Crippen LogP contribution in [0.3, 0.4) is 0 Å². The number of hydrogen-bond donors (Lipinski definition) is 1. The number of hydrogen-bond acceptors (Lipinski definition) is 7. The summed E-state index contributed by atoms with van der Waals surface area (Å²) in [7, 11) is -3.05. The average Bonchev–Trinajstić information content (AvgIpc) is 3.31. The van der Waals surface area contributed by atoms with Gasteiger partial charge in [0, 0.05) is 29.0 Å². The van der Waals surface area contributed by atoms with Crippen molar-refractivity contribution in [2.24, 2.45) is 0 Å². The van der Waals surface area contributed by atoms with Gasteiger partial charge in [-0.25, -0.2) is 8.42 Å². The molecule has 8 nitrogen and oxygen atoms in total. The first-order valence-electron chi connectivity index (χ1n) is 9.58. The van der Waals surface area contributed by atoms with Crippen LogP contribution in [-0.2, 0) is 14.6 Å². The van der Waals surface area contributed by atoms with Gasteiger partial charge in [-0.15, -0.1) is 10.2 Å². The Labute approximate surface area is 189 Å². The lowest BCUT2D eigenvalue weighted by Crippen LogP contribution is -2.36. The van der Waals surface area contributed by atoms with Crippen molar-refractivity contribution >= 4 is 39.1 Å². The number of nitrogens with zero attached hydrogens (tertiary/aromatic N) is 4. The molecule has 0 radical (unpaired) electrons. The van der Waals surface area contributed by atoms with Crippen molar-refractivity contribution < 1.29 is 13.2 Å². The Morgan fingerprint density at radius 2 is 2.03 bits per heavy atom. The lowest BCUT2D eigenvalue weighted by Gasteiger charge is -2.14. The van der Waals surface area contributed by atoms with Gasteiger partial charge >= 0.3 is 0 Å². The van der Waals surface area contributed by atoms with Crippen LogP contribution < -0.4 is 5.32 Å². The van der Waals surface area contributed by atoms with E-state index in [1.807, 2.05) is 41.8 Å². The predicted molar refractivity (Wildman–Crippen MR) is 120 cm³/mol. The summed E-state index contributed by atoms with van der Waals surface area (Å²) in [6.45, 7) is 1.91. The zero-order valence-corrected chi connectivity index (χ0v) is 19.0. The van der Waals surface area contributed by atoms with E-state index in [9.17, 15) is 13.2 Å². The number of pyridine rings is 1. The summed E-state index contributed by atoms with van der Waals surface area (Å²) < 4.78 is 25.1. The monoisotopic (exact) mass is 477 g/mol. The number of amides is 1. The maximum atomic E-state index is 12.4. The fourth-order valence-corrected chi connectivity index (χ4v) is 6.01. The molecule has 0 spiro atoms. The zero-order valence-electron chi connectivity index (χ0n) is 16.7. The molecule has 1 amide bonds. The van der Waals surface area contributed by atoms with Crippen LogP contribution in [0.5, 0.6) is 0 Å². The Morgan fingerprint density at radius 1 is 1.26 bits per heavy atom. The van der Waals surface area contributed by atoms with Gasteiger partial charge in [-0.2, -0.15) is 0 Å². The number of halogens is 1. The molecule has 162 valence electrons. The molecule has 1 aromatic carbocycles. The van der Waals surface area contributed by atoms with Crippen molar-refractivity contribution in [3.8, 4) is 17.1 Å². The van der Waals surface area contributed by atoms with Gasteiger partial charge in [0.15, 0.2) is 20.8 Å². The van der Waals surface area contributed by atoms with Gasteiger partial charge in [-0.05, 0) is 43.2 Å². The summed E-state index contributed by atoms with van der Waals surface area (Å²) in [6, 6.07) is 8.92. The number of aromatic nitrogens is 4. The van der Waals surface area contributed by atoms with Gasteiger partial charge in [0.25, 0.3) is 0 Å². The molecule has 3 aromatic rings. The smallest absolute Gasteiger partial charge is 0.230 e. The molecule has 1 aliphatic rings. The van der Waals surface area contributed by atoms with Crippen LogP contribution in [0.1, 0.15) is 12.0 Å². The lowest BCUT2D eigenvalue weighted by molar-refractivity contribution is -0.119. The highest BCUT2D eigenvalue weighted by Gasteiger charge is 2.29. The first-order valence-corrected chi connectivity index (χ1v) is 12.8. The molecule has 1 N–H and O–H groups in total. The van der Waals surface area contributed by atoms with Gasteiger partial charge in [-0.1, -0.05) is 29.4 Å². The molecule has 1 aliphatic heterocycles. The van der Waals surface area contributed by atoms with Gasteiger partial charge in [-0.3, -0.25) is 14.3 Å². The van der Waals surface area contributed by atoms with E-state index in [-0.39, 0.29) is 29.2 Å². The lowest BCUT2D eigenvalue weighted by atomic mass is 10.2. The molecule has 2 aromatic heterocycles. The molecule has 1 saturated heterocycles. The molecule has 0 unspecified atom stereocenters. The van der Waals surface area contributed by atoms with Crippen LogP contribution in [0.25, 0.3) is 17.1 Å². The predicted octanol–water partition coefficient (Wildman–Crippen LogP) is 2.69. The fraction of sp³-hybridized carbons (Fsp3) is 0.300. The molecular formula is C20H20ClN5O3S2.